The molecule has 1 unspecified atom stereocenters. The second kappa shape index (κ2) is 56.4. The number of carbonyl (C=O) groups is 1. The van der Waals surface area contributed by atoms with Crippen LogP contribution in [-0.2, 0) is 9.53 Å². The van der Waals surface area contributed by atoms with Gasteiger partial charge in [-0.05, 0) is 57.8 Å². The van der Waals surface area contributed by atoms with Crippen LogP contribution in [0, 0.1) is 0 Å². The van der Waals surface area contributed by atoms with E-state index in [2.05, 4.69) is 47.0 Å². The van der Waals surface area contributed by atoms with Crippen LogP contribution >= 0.6 is 0 Å². The number of hydrogen-bond acceptors (Lipinski definition) is 4. The number of quaternary nitrogens is 1. The summed E-state index contributed by atoms with van der Waals surface area (Å²) in [7, 11) is 4.94. The third-order valence-corrected chi connectivity index (χ3v) is 13.5. The quantitative estimate of drug-likeness (QED) is 0.0276. The molecule has 0 radical (unpaired) electrons. The summed E-state index contributed by atoms with van der Waals surface area (Å²) in [6.45, 7) is 9.16. The number of hydrogen-bond donors (Lipinski definition) is 2. The molecule has 64 heavy (non-hydrogen) atoms. The summed E-state index contributed by atoms with van der Waals surface area (Å²) in [6, 6.07) is 0. The summed E-state index contributed by atoms with van der Waals surface area (Å²) in [6.07, 6.45) is 67.0. The molecule has 0 spiro atoms. The summed E-state index contributed by atoms with van der Waals surface area (Å²) in [5.41, 5.74) is 0. The number of esters is 1. The van der Waals surface area contributed by atoms with Gasteiger partial charge >= 0.3 is 5.97 Å². The maximum atomic E-state index is 11.4. The van der Waals surface area contributed by atoms with Crippen LogP contribution in [0.4, 0.5) is 0 Å². The van der Waals surface area contributed by atoms with E-state index in [-0.39, 0.29) is 19.2 Å². The molecular formula is C59H120NO4+. The predicted molar refractivity (Wildman–Crippen MR) is 284 cm³/mol. The monoisotopic (exact) mass is 907 g/mol. The Bertz CT molecular complexity index is 852. The van der Waals surface area contributed by atoms with Gasteiger partial charge in [-0.1, -0.05) is 264 Å². The van der Waals surface area contributed by atoms with E-state index in [9.17, 15) is 4.79 Å². The van der Waals surface area contributed by atoms with Crippen LogP contribution in [0.5, 0.6) is 0 Å². The van der Waals surface area contributed by atoms with Crippen molar-refractivity contribution in [3.63, 3.8) is 0 Å². The van der Waals surface area contributed by atoms with E-state index in [4.69, 9.17) is 14.9 Å². The molecule has 384 valence electrons. The third-order valence-electron chi connectivity index (χ3n) is 13.5. The number of nitrogens with zero attached hydrogens (tertiary/aromatic N) is 1. The molecule has 0 aliphatic heterocycles. The molecule has 0 heterocycles. The van der Waals surface area contributed by atoms with Gasteiger partial charge in [-0.3, -0.25) is 4.79 Å². The van der Waals surface area contributed by atoms with Gasteiger partial charge in [-0.25, -0.2) is 0 Å². The fraction of sp³-hybridized carbons (Fsp3) is 0.949. The summed E-state index contributed by atoms with van der Waals surface area (Å²) in [5, 5.41) is 17.7. The first kappa shape index (κ1) is 65.2. The van der Waals surface area contributed by atoms with E-state index in [1.807, 2.05) is 0 Å². The predicted octanol–water partition coefficient (Wildman–Crippen LogP) is 18.5. The van der Waals surface area contributed by atoms with Crippen molar-refractivity contribution in [3.8, 4) is 0 Å². The molecular weight excluding hydrogens is 787 g/mol. The van der Waals surface area contributed by atoms with Crippen LogP contribution in [-0.4, -0.2) is 67.2 Å². The lowest BCUT2D eigenvalue weighted by molar-refractivity contribution is -0.890. The van der Waals surface area contributed by atoms with E-state index in [0.717, 1.165) is 25.7 Å². The molecule has 0 aromatic heterocycles. The lowest BCUT2D eigenvalue weighted by atomic mass is 10.0. The maximum absolute atomic E-state index is 11.4. The minimum absolute atomic E-state index is 0.111. The van der Waals surface area contributed by atoms with Crippen molar-refractivity contribution in [2.24, 2.45) is 0 Å². The average molecular weight is 908 g/mol. The Morgan fingerprint density at radius 2 is 0.656 bits per heavy atom. The number of aliphatic hydroxyl groups excluding tert-OH is 2. The van der Waals surface area contributed by atoms with Gasteiger partial charge < -0.3 is 19.4 Å². The fourth-order valence-electron chi connectivity index (χ4n) is 8.94. The van der Waals surface area contributed by atoms with Crippen LogP contribution in [0.3, 0.4) is 0 Å². The molecule has 0 bridgehead atoms. The molecule has 0 fully saturated rings. The average Bonchev–Trinajstić information content (AvgIpc) is 3.29. The van der Waals surface area contributed by atoms with Gasteiger partial charge in [0, 0.05) is 6.42 Å². The zero-order valence-electron chi connectivity index (χ0n) is 44.7. The van der Waals surface area contributed by atoms with E-state index in [1.54, 1.807) is 0 Å². The van der Waals surface area contributed by atoms with Gasteiger partial charge in [0.05, 0.1) is 33.8 Å². The molecule has 0 rings (SSSR count). The van der Waals surface area contributed by atoms with Crippen molar-refractivity contribution in [3.05, 3.63) is 12.2 Å². The molecule has 0 aliphatic rings. The Morgan fingerprint density at radius 1 is 0.406 bits per heavy atom. The van der Waals surface area contributed by atoms with E-state index in [1.165, 1.54) is 281 Å². The van der Waals surface area contributed by atoms with Crippen LogP contribution in [0.1, 0.15) is 316 Å². The Balaban J connectivity index is 0. The lowest BCUT2D eigenvalue weighted by Crippen LogP contribution is -2.41. The topological polar surface area (TPSA) is 66.8 Å². The molecule has 0 saturated carbocycles. The van der Waals surface area contributed by atoms with Gasteiger partial charge in [0.2, 0.25) is 0 Å². The standard InChI is InChI=1S/C38H80N.C21H40O4/c1-5-7-9-11-13-15-17-19-21-23-25-27-29-31-33-35-37-39(3,4)38-36-34-32-30-28-26-24-22-20-18-16-14-12-10-8-6-2;1-2-3-4-5-6-7-8-9-10-11-12-13-14-15-16-17-21(24)25-19-20(23)18-22/h5-38H2,1-4H3;9-10,20,22-23H,2-8,11-19H2,1H3/q+1;/b;10-9-. The highest BCUT2D eigenvalue weighted by Crippen LogP contribution is 2.17. The zero-order valence-corrected chi connectivity index (χ0v) is 44.7. The van der Waals surface area contributed by atoms with Gasteiger partial charge in [-0.15, -0.1) is 0 Å². The summed E-state index contributed by atoms with van der Waals surface area (Å²) < 4.78 is 6.10. The first-order valence-corrected chi connectivity index (χ1v) is 29.2. The minimum Gasteiger partial charge on any atom is -0.463 e. The number of aliphatic hydroxyl groups is 2. The highest BCUT2D eigenvalue weighted by atomic mass is 16.5. The van der Waals surface area contributed by atoms with Crippen LogP contribution in [0.25, 0.3) is 0 Å². The summed E-state index contributed by atoms with van der Waals surface area (Å²) in [5.74, 6) is -0.287. The SMILES string of the molecule is CCCCCCCC/C=C\CCCCCCCC(=O)OCC(O)CO.CCCCCCCCCCCCCCCCCC[N+](C)(C)CCCCCCCCCCCCCCCCCC. The number of allylic oxidation sites excluding steroid dienone is 2. The molecule has 5 nitrogen and oxygen atoms in total. The molecule has 2 N–H and O–H groups in total. The molecule has 0 amide bonds. The van der Waals surface area contributed by atoms with Crippen LogP contribution < -0.4 is 0 Å². The van der Waals surface area contributed by atoms with Gasteiger partial charge in [0.1, 0.15) is 12.7 Å². The molecule has 1 atom stereocenters. The first-order valence-electron chi connectivity index (χ1n) is 29.2. The maximum Gasteiger partial charge on any atom is 0.305 e. The van der Waals surface area contributed by atoms with Gasteiger partial charge in [0.25, 0.3) is 0 Å². The number of ether oxygens (including phenoxy) is 1. The van der Waals surface area contributed by atoms with Gasteiger partial charge in [-0.2, -0.15) is 0 Å². The number of rotatable bonds is 52. The van der Waals surface area contributed by atoms with Crippen molar-refractivity contribution in [2.45, 2.75) is 322 Å². The smallest absolute Gasteiger partial charge is 0.305 e. The fourth-order valence-corrected chi connectivity index (χ4v) is 8.94. The first-order chi connectivity index (χ1) is 31.3. The highest BCUT2D eigenvalue weighted by Gasteiger charge is 2.13. The minimum atomic E-state index is -0.960. The summed E-state index contributed by atoms with van der Waals surface area (Å²) in [4.78, 5) is 11.4. The van der Waals surface area contributed by atoms with Crippen molar-refractivity contribution in [1.82, 2.24) is 0 Å². The number of carbonyl (C=O) groups excluding carboxylic acids is 1. The summed E-state index contributed by atoms with van der Waals surface area (Å²) >= 11 is 0. The Kier molecular flexibility index (Phi) is 57.4. The number of unbranched alkanes of at least 4 members (excludes halogenated alkanes) is 41. The molecule has 5 heteroatoms. The second-order valence-corrected chi connectivity index (χ2v) is 20.8. The molecule has 0 saturated heterocycles. The largest absolute Gasteiger partial charge is 0.463 e. The van der Waals surface area contributed by atoms with Gasteiger partial charge in [0.15, 0.2) is 0 Å². The third kappa shape index (κ3) is 59.1. The molecule has 0 aromatic carbocycles. The van der Waals surface area contributed by atoms with Crippen LogP contribution in [0.2, 0.25) is 0 Å². The van der Waals surface area contributed by atoms with Crippen LogP contribution in [0.15, 0.2) is 12.2 Å². The highest BCUT2D eigenvalue weighted by molar-refractivity contribution is 5.69. The Labute approximate surface area is 403 Å². The Morgan fingerprint density at radius 3 is 0.938 bits per heavy atom. The Hall–Kier alpha value is -0.910. The van der Waals surface area contributed by atoms with E-state index >= 15 is 0 Å². The van der Waals surface area contributed by atoms with Crippen molar-refractivity contribution >= 4 is 5.97 Å². The lowest BCUT2D eigenvalue weighted by Gasteiger charge is -2.30. The molecule has 0 aromatic rings. The zero-order chi connectivity index (χ0) is 47.1. The van der Waals surface area contributed by atoms with E-state index in [0.29, 0.717) is 6.42 Å². The second-order valence-electron chi connectivity index (χ2n) is 20.8. The van der Waals surface area contributed by atoms with E-state index < -0.39 is 6.10 Å². The van der Waals surface area contributed by atoms with Crippen molar-refractivity contribution in [1.29, 1.82) is 0 Å². The van der Waals surface area contributed by atoms with Crippen molar-refractivity contribution in [2.75, 3.05) is 40.4 Å². The van der Waals surface area contributed by atoms with Crippen molar-refractivity contribution < 1.29 is 24.2 Å². The normalized spacial score (nSPS) is 12.2. The molecule has 0 aliphatic carbocycles.